The molecule has 0 N–H and O–H groups in total. The molecule has 1 rings (SSSR count). The molecule has 1 aliphatic carbocycles. The second-order valence-electron chi connectivity index (χ2n) is 3.59. The number of hydrogen-bond acceptors (Lipinski definition) is 0. The average Bonchev–Trinajstić information content (AvgIpc) is 2.17. The number of allylic oxidation sites excluding steroid dienone is 3. The van der Waals surface area contributed by atoms with E-state index in [4.69, 9.17) is 0 Å². The summed E-state index contributed by atoms with van der Waals surface area (Å²) in [6, 6.07) is 0. The van der Waals surface area contributed by atoms with Gasteiger partial charge in [-0.25, -0.2) is 0 Å². The molecule has 12 heavy (non-hydrogen) atoms. The van der Waals surface area contributed by atoms with E-state index in [9.17, 15) is 0 Å². The van der Waals surface area contributed by atoms with Crippen LogP contribution in [0.2, 0.25) is 0 Å². The van der Waals surface area contributed by atoms with Gasteiger partial charge in [-0.2, -0.15) is 0 Å². The van der Waals surface area contributed by atoms with E-state index in [2.05, 4.69) is 19.7 Å². The maximum Gasteiger partial charge on any atom is -0.0162 e. The third kappa shape index (κ3) is 2.10. The van der Waals surface area contributed by atoms with Crippen LogP contribution in [0.1, 0.15) is 32.1 Å². The van der Waals surface area contributed by atoms with Gasteiger partial charge in [0, 0.05) is 0 Å². The third-order valence-corrected chi connectivity index (χ3v) is 2.76. The first-order valence-corrected chi connectivity index (χ1v) is 4.76. The van der Waals surface area contributed by atoms with Crippen molar-refractivity contribution in [1.29, 1.82) is 0 Å². The standard InChI is InChI=1S/C12H18/c1-4-10(2)11(3)12-8-6-5-7-9-12/h4,12H,1-3,5-9H2. The minimum absolute atomic E-state index is 0.684. The van der Waals surface area contributed by atoms with E-state index in [-0.39, 0.29) is 0 Å². The van der Waals surface area contributed by atoms with Gasteiger partial charge in [0.25, 0.3) is 0 Å². The molecule has 0 radical (unpaired) electrons. The van der Waals surface area contributed by atoms with Gasteiger partial charge < -0.3 is 0 Å². The maximum absolute atomic E-state index is 4.08. The van der Waals surface area contributed by atoms with E-state index < -0.39 is 0 Å². The molecule has 1 saturated carbocycles. The molecule has 0 amide bonds. The average molecular weight is 162 g/mol. The van der Waals surface area contributed by atoms with Crippen molar-refractivity contribution >= 4 is 0 Å². The van der Waals surface area contributed by atoms with Crippen LogP contribution < -0.4 is 0 Å². The Balaban J connectivity index is 2.50. The molecular formula is C12H18. The molecule has 0 unspecified atom stereocenters. The lowest BCUT2D eigenvalue weighted by molar-refractivity contribution is 0.407. The lowest BCUT2D eigenvalue weighted by atomic mass is 9.82. The Kier molecular flexibility index (Phi) is 3.33. The summed E-state index contributed by atoms with van der Waals surface area (Å²) in [7, 11) is 0. The molecule has 0 nitrogen and oxygen atoms in total. The molecule has 0 heterocycles. The Morgan fingerprint density at radius 2 is 1.67 bits per heavy atom. The fourth-order valence-corrected chi connectivity index (χ4v) is 1.84. The van der Waals surface area contributed by atoms with Crippen LogP contribution in [-0.4, -0.2) is 0 Å². The lowest BCUT2D eigenvalue weighted by Gasteiger charge is -2.23. The summed E-state index contributed by atoms with van der Waals surface area (Å²) in [5.74, 6) is 0.684. The zero-order valence-electron chi connectivity index (χ0n) is 7.81. The van der Waals surface area contributed by atoms with E-state index in [0.717, 1.165) is 5.57 Å². The molecule has 66 valence electrons. The maximum atomic E-state index is 4.08. The minimum Gasteiger partial charge on any atom is -0.0985 e. The van der Waals surface area contributed by atoms with Crippen molar-refractivity contribution in [2.75, 3.05) is 0 Å². The molecule has 0 spiro atoms. The zero-order valence-corrected chi connectivity index (χ0v) is 7.81. The minimum atomic E-state index is 0.684. The van der Waals surface area contributed by atoms with Crippen LogP contribution in [0.3, 0.4) is 0 Å². The van der Waals surface area contributed by atoms with Crippen molar-refractivity contribution in [3.63, 3.8) is 0 Å². The summed E-state index contributed by atoms with van der Waals surface area (Å²) in [5, 5.41) is 0. The molecule has 1 aliphatic rings. The first-order chi connectivity index (χ1) is 5.75. The molecule has 0 bridgehead atoms. The van der Waals surface area contributed by atoms with Crippen LogP contribution in [0.5, 0.6) is 0 Å². The Morgan fingerprint density at radius 3 is 2.17 bits per heavy atom. The Hall–Kier alpha value is -0.780. The molecule has 0 heteroatoms. The topological polar surface area (TPSA) is 0 Å². The van der Waals surface area contributed by atoms with Crippen LogP contribution in [0.4, 0.5) is 0 Å². The zero-order chi connectivity index (χ0) is 8.97. The smallest absolute Gasteiger partial charge is 0.0162 e. The van der Waals surface area contributed by atoms with Gasteiger partial charge in [-0.3, -0.25) is 0 Å². The molecule has 0 atom stereocenters. The summed E-state index contributed by atoms with van der Waals surface area (Å²) >= 11 is 0. The highest BCUT2D eigenvalue weighted by molar-refractivity contribution is 5.35. The van der Waals surface area contributed by atoms with Crippen molar-refractivity contribution in [3.05, 3.63) is 37.0 Å². The largest absolute Gasteiger partial charge is 0.0985 e. The fourth-order valence-electron chi connectivity index (χ4n) is 1.84. The highest BCUT2D eigenvalue weighted by Crippen LogP contribution is 2.31. The van der Waals surface area contributed by atoms with E-state index in [1.807, 2.05) is 6.08 Å². The van der Waals surface area contributed by atoms with Gasteiger partial charge >= 0.3 is 0 Å². The molecule has 0 aromatic heterocycles. The third-order valence-electron chi connectivity index (χ3n) is 2.76. The highest BCUT2D eigenvalue weighted by Gasteiger charge is 2.16. The summed E-state index contributed by atoms with van der Waals surface area (Å²) in [5.41, 5.74) is 2.24. The summed E-state index contributed by atoms with van der Waals surface area (Å²) in [6.45, 7) is 11.7. The van der Waals surface area contributed by atoms with Crippen LogP contribution in [0, 0.1) is 5.92 Å². The van der Waals surface area contributed by atoms with E-state index >= 15 is 0 Å². The Labute approximate surface area is 75.7 Å². The molecule has 0 aromatic carbocycles. The lowest BCUT2D eigenvalue weighted by Crippen LogP contribution is -2.08. The highest BCUT2D eigenvalue weighted by atomic mass is 14.2. The van der Waals surface area contributed by atoms with Gasteiger partial charge in [0.05, 0.1) is 0 Å². The summed E-state index contributed by atoms with van der Waals surface area (Å²) in [6.07, 6.45) is 8.51. The van der Waals surface area contributed by atoms with E-state index in [0.29, 0.717) is 5.92 Å². The van der Waals surface area contributed by atoms with Gasteiger partial charge in [-0.15, -0.1) is 0 Å². The van der Waals surface area contributed by atoms with Crippen molar-refractivity contribution in [2.24, 2.45) is 5.92 Å². The number of hydrogen-bond donors (Lipinski definition) is 0. The number of rotatable bonds is 3. The molecule has 0 aliphatic heterocycles. The van der Waals surface area contributed by atoms with Crippen LogP contribution >= 0.6 is 0 Å². The SMILES string of the molecule is C=CC(=C)C(=C)C1CCCCC1. The first-order valence-electron chi connectivity index (χ1n) is 4.76. The molecular weight excluding hydrogens is 144 g/mol. The summed E-state index contributed by atoms with van der Waals surface area (Å²) < 4.78 is 0. The molecule has 1 fully saturated rings. The van der Waals surface area contributed by atoms with Crippen LogP contribution in [-0.2, 0) is 0 Å². The molecule has 0 aromatic rings. The van der Waals surface area contributed by atoms with Crippen molar-refractivity contribution in [3.8, 4) is 0 Å². The normalized spacial score (nSPS) is 18.7. The van der Waals surface area contributed by atoms with Gasteiger partial charge in [0.1, 0.15) is 0 Å². The predicted molar refractivity (Wildman–Crippen MR) is 55.1 cm³/mol. The molecule has 0 saturated heterocycles. The van der Waals surface area contributed by atoms with Crippen LogP contribution in [0.25, 0.3) is 0 Å². The van der Waals surface area contributed by atoms with Crippen molar-refractivity contribution in [1.82, 2.24) is 0 Å². The summed E-state index contributed by atoms with van der Waals surface area (Å²) in [4.78, 5) is 0. The second kappa shape index (κ2) is 4.30. The van der Waals surface area contributed by atoms with Gasteiger partial charge in [-0.1, -0.05) is 45.1 Å². The van der Waals surface area contributed by atoms with Crippen molar-refractivity contribution < 1.29 is 0 Å². The van der Waals surface area contributed by atoms with Crippen LogP contribution in [0.15, 0.2) is 37.0 Å². The van der Waals surface area contributed by atoms with E-state index in [1.54, 1.807) is 0 Å². The van der Waals surface area contributed by atoms with Gasteiger partial charge in [-0.05, 0) is 29.9 Å². The van der Waals surface area contributed by atoms with Gasteiger partial charge in [0.15, 0.2) is 0 Å². The Bertz CT molecular complexity index is 192. The van der Waals surface area contributed by atoms with Gasteiger partial charge in [0.2, 0.25) is 0 Å². The first kappa shape index (κ1) is 9.31. The fraction of sp³-hybridized carbons (Fsp3) is 0.500. The Morgan fingerprint density at radius 1 is 1.08 bits per heavy atom. The monoisotopic (exact) mass is 162 g/mol. The quantitative estimate of drug-likeness (QED) is 0.553. The second-order valence-corrected chi connectivity index (χ2v) is 3.59. The van der Waals surface area contributed by atoms with Crippen molar-refractivity contribution in [2.45, 2.75) is 32.1 Å². The van der Waals surface area contributed by atoms with E-state index in [1.165, 1.54) is 37.7 Å². The predicted octanol–water partition coefficient (Wildman–Crippen LogP) is 3.87.